The first-order valence-corrected chi connectivity index (χ1v) is 8.55. The van der Waals surface area contributed by atoms with Crippen molar-refractivity contribution in [3.05, 3.63) is 86.7 Å². The number of nitrogens with one attached hydrogen (secondary N) is 1. The Balaban J connectivity index is 1.97. The normalized spacial score (nSPS) is 17.6. The van der Waals surface area contributed by atoms with Gasteiger partial charge in [0, 0.05) is 23.4 Å². The number of anilines is 1. The average molecular weight is 362 g/mol. The molecule has 1 N–H and O–H groups in total. The van der Waals surface area contributed by atoms with Gasteiger partial charge in [0.2, 0.25) is 0 Å². The van der Waals surface area contributed by atoms with Gasteiger partial charge in [-0.2, -0.15) is 0 Å². The van der Waals surface area contributed by atoms with Crippen molar-refractivity contribution in [2.24, 2.45) is 0 Å². The average Bonchev–Trinajstić information content (AvgIpc) is 2.93. The van der Waals surface area contributed by atoms with Gasteiger partial charge >= 0.3 is 0 Å². The summed E-state index contributed by atoms with van der Waals surface area (Å²) in [5.74, 6) is -1.28. The lowest BCUT2D eigenvalue weighted by atomic mass is 10.2. The van der Waals surface area contributed by atoms with Gasteiger partial charge in [-0.15, -0.1) is 10.9 Å². The molecule has 128 valence electrons. The summed E-state index contributed by atoms with van der Waals surface area (Å²) in [6.07, 6.45) is 0.701. The molecule has 3 rings (SSSR count). The van der Waals surface area contributed by atoms with E-state index in [2.05, 4.69) is 5.32 Å². The van der Waals surface area contributed by atoms with Crippen LogP contribution in [0.5, 0.6) is 0 Å². The number of hydrogen-bond donors (Lipinski definition) is 2. The zero-order chi connectivity index (χ0) is 18.0. The maximum Gasteiger partial charge on any atom is 0.281 e. The fraction of sp³-hybridized carbons (Fsp3) is 0. The highest BCUT2D eigenvalue weighted by Gasteiger charge is 2.26. The summed E-state index contributed by atoms with van der Waals surface area (Å²) in [6.45, 7) is 0. The van der Waals surface area contributed by atoms with Crippen molar-refractivity contribution in [3.8, 4) is 0 Å². The van der Waals surface area contributed by atoms with E-state index < -0.39 is 32.7 Å². The Morgan fingerprint density at radius 2 is 1.84 bits per heavy atom. The van der Waals surface area contributed by atoms with Gasteiger partial charge in [-0.05, 0) is 29.7 Å². The van der Waals surface area contributed by atoms with Gasteiger partial charge in [-0.1, -0.05) is 18.2 Å². The fourth-order valence-corrected chi connectivity index (χ4v) is 4.08. The number of rotatable bonds is 4. The molecule has 5 nitrogen and oxygen atoms in total. The lowest BCUT2D eigenvalue weighted by Gasteiger charge is -2.14. The number of benzene rings is 2. The molecule has 0 aliphatic carbocycles. The lowest BCUT2D eigenvalue weighted by molar-refractivity contribution is -0.387. The van der Waals surface area contributed by atoms with E-state index in [4.69, 9.17) is 0 Å². The van der Waals surface area contributed by atoms with Crippen molar-refractivity contribution in [1.82, 2.24) is 0 Å². The Morgan fingerprint density at radius 1 is 1.12 bits per heavy atom. The maximum absolute atomic E-state index is 13.9. The van der Waals surface area contributed by atoms with Crippen LogP contribution in [0.4, 0.5) is 20.2 Å². The van der Waals surface area contributed by atoms with Crippen LogP contribution in [0.25, 0.3) is 0 Å². The van der Waals surface area contributed by atoms with E-state index in [9.17, 15) is 23.7 Å². The van der Waals surface area contributed by atoms with Gasteiger partial charge in [0.25, 0.3) is 11.6 Å². The molecule has 0 saturated heterocycles. The van der Waals surface area contributed by atoms with Gasteiger partial charge in [0.15, 0.2) is 0 Å². The van der Waals surface area contributed by atoms with Crippen molar-refractivity contribution in [1.29, 1.82) is 0 Å². The van der Waals surface area contributed by atoms with E-state index in [0.29, 0.717) is 11.8 Å². The highest BCUT2D eigenvalue weighted by molar-refractivity contribution is 8.23. The number of carbonyl (C=O) groups is 1. The number of nitro benzene ring substituents is 1. The van der Waals surface area contributed by atoms with Crippen LogP contribution in [0.15, 0.2) is 75.9 Å². The summed E-state index contributed by atoms with van der Waals surface area (Å²) in [5, 5.41) is 14.1. The summed E-state index contributed by atoms with van der Waals surface area (Å²) in [7, 11) is -1.96. The molecular formula is C17H12F2N2O3S. The zero-order valence-corrected chi connectivity index (χ0v) is 13.5. The molecule has 0 fully saturated rings. The predicted octanol–water partition coefficient (Wildman–Crippen LogP) is 4.84. The summed E-state index contributed by atoms with van der Waals surface area (Å²) >= 11 is 0. The van der Waals surface area contributed by atoms with E-state index in [1.807, 2.05) is 0 Å². The number of amides is 1. The summed E-state index contributed by atoms with van der Waals surface area (Å²) in [4.78, 5) is 22.8. The minimum Gasteiger partial charge on any atom is -0.322 e. The SMILES string of the molecule is O=C(Nc1ccccc1)c1ccc([N+](=O)[O-])c([SH]2C=C(F)C=C2F)c1. The summed E-state index contributed by atoms with van der Waals surface area (Å²) in [5.41, 5.74) is 0.327. The summed E-state index contributed by atoms with van der Waals surface area (Å²) in [6, 6.07) is 12.3. The standard InChI is InChI=1S/C17H12F2N2O3S/c18-12-9-16(19)25(10-12)15-8-11(6-7-14(15)21(23)24)17(22)20-13-4-2-1-3-5-13/h1-10,25H,(H,20,22). The quantitative estimate of drug-likeness (QED) is 0.464. The number of allylic oxidation sites excluding steroid dienone is 2. The number of hydrogen-bond acceptors (Lipinski definition) is 3. The Hall–Kier alpha value is -3.00. The second-order valence-electron chi connectivity index (χ2n) is 5.13. The number of nitro groups is 1. The number of para-hydroxylation sites is 1. The number of carbonyl (C=O) groups excluding carboxylic acids is 1. The van der Waals surface area contributed by atoms with E-state index in [1.165, 1.54) is 12.1 Å². The van der Waals surface area contributed by atoms with Crippen LogP contribution in [0.1, 0.15) is 10.4 Å². The zero-order valence-electron chi connectivity index (χ0n) is 12.6. The highest BCUT2D eigenvalue weighted by Crippen LogP contribution is 2.54. The molecule has 1 heterocycles. The lowest BCUT2D eigenvalue weighted by Crippen LogP contribution is -2.12. The Kier molecular flexibility index (Phi) is 4.62. The third-order valence-corrected chi connectivity index (χ3v) is 5.44. The topological polar surface area (TPSA) is 72.2 Å². The van der Waals surface area contributed by atoms with E-state index in [1.54, 1.807) is 30.3 Å². The molecule has 25 heavy (non-hydrogen) atoms. The number of nitrogens with zero attached hydrogens (tertiary/aromatic N) is 1. The predicted molar refractivity (Wildman–Crippen MR) is 93.1 cm³/mol. The van der Waals surface area contributed by atoms with E-state index in [-0.39, 0.29) is 16.1 Å². The van der Waals surface area contributed by atoms with E-state index >= 15 is 0 Å². The third kappa shape index (κ3) is 3.58. The minimum absolute atomic E-state index is 0.0119. The summed E-state index contributed by atoms with van der Waals surface area (Å²) < 4.78 is 27.2. The van der Waals surface area contributed by atoms with Crippen molar-refractivity contribution < 1.29 is 18.5 Å². The van der Waals surface area contributed by atoms with Gasteiger partial charge in [0.1, 0.15) is 11.0 Å². The minimum atomic E-state index is -1.96. The second-order valence-corrected chi connectivity index (χ2v) is 7.04. The molecule has 0 bridgehead atoms. The molecule has 1 aliphatic heterocycles. The van der Waals surface area contributed by atoms with Crippen molar-refractivity contribution >= 4 is 28.2 Å². The molecule has 1 unspecified atom stereocenters. The van der Waals surface area contributed by atoms with Crippen LogP contribution in [-0.4, -0.2) is 10.8 Å². The van der Waals surface area contributed by atoms with Gasteiger partial charge < -0.3 is 5.32 Å². The van der Waals surface area contributed by atoms with Crippen LogP contribution in [0, 0.1) is 10.1 Å². The first-order chi connectivity index (χ1) is 12.0. The molecular weight excluding hydrogens is 350 g/mol. The molecule has 1 amide bonds. The molecule has 0 radical (unpaired) electrons. The van der Waals surface area contributed by atoms with Crippen LogP contribution in [0.2, 0.25) is 0 Å². The fourth-order valence-electron chi connectivity index (χ4n) is 2.33. The van der Waals surface area contributed by atoms with Gasteiger partial charge in [0.05, 0.1) is 9.82 Å². The second kappa shape index (κ2) is 6.86. The molecule has 2 aromatic carbocycles. The molecule has 0 saturated carbocycles. The largest absolute Gasteiger partial charge is 0.322 e. The van der Waals surface area contributed by atoms with Crippen LogP contribution in [-0.2, 0) is 0 Å². The Bertz CT molecular complexity index is 913. The van der Waals surface area contributed by atoms with Gasteiger partial charge in [-0.25, -0.2) is 8.78 Å². The molecule has 1 aliphatic rings. The molecule has 8 heteroatoms. The van der Waals surface area contributed by atoms with Crippen LogP contribution < -0.4 is 5.32 Å². The number of halogens is 2. The van der Waals surface area contributed by atoms with Gasteiger partial charge in [-0.3, -0.25) is 14.9 Å². The smallest absolute Gasteiger partial charge is 0.281 e. The first-order valence-electron chi connectivity index (χ1n) is 7.14. The molecule has 0 aromatic heterocycles. The molecule has 0 spiro atoms. The van der Waals surface area contributed by atoms with Crippen molar-refractivity contribution in [2.75, 3.05) is 5.32 Å². The first kappa shape index (κ1) is 16.8. The third-order valence-electron chi connectivity index (χ3n) is 3.47. The maximum atomic E-state index is 13.9. The molecule has 2 aromatic rings. The van der Waals surface area contributed by atoms with Crippen LogP contribution in [0.3, 0.4) is 0 Å². The molecule has 1 atom stereocenters. The van der Waals surface area contributed by atoms with Crippen molar-refractivity contribution in [3.63, 3.8) is 0 Å². The van der Waals surface area contributed by atoms with E-state index in [0.717, 1.165) is 11.5 Å². The monoisotopic (exact) mass is 362 g/mol. The number of thiol groups is 1. The Labute approximate surface area is 144 Å². The highest BCUT2D eigenvalue weighted by atomic mass is 32.2. The Morgan fingerprint density at radius 3 is 2.44 bits per heavy atom. The van der Waals surface area contributed by atoms with Crippen molar-refractivity contribution in [2.45, 2.75) is 4.90 Å². The van der Waals surface area contributed by atoms with Crippen LogP contribution >= 0.6 is 10.9 Å².